The maximum atomic E-state index is 12.2. The Labute approximate surface area is 127 Å². The minimum atomic E-state index is 0.0935. The monoisotopic (exact) mass is 287 g/mol. The fraction of sp³-hybridized carbons (Fsp3) is 0.471. The third-order valence-corrected chi connectivity index (χ3v) is 3.66. The SMILES string of the molecule is CC(C)CN1CCN(C(=O)/C=C/c2ccc(N)cc2)CC1. The maximum Gasteiger partial charge on any atom is 0.246 e. The smallest absolute Gasteiger partial charge is 0.246 e. The van der Waals surface area contributed by atoms with E-state index < -0.39 is 0 Å². The number of anilines is 1. The van der Waals surface area contributed by atoms with Crippen molar-refractivity contribution < 1.29 is 4.79 Å². The number of hydrogen-bond acceptors (Lipinski definition) is 3. The first kappa shape index (κ1) is 15.6. The van der Waals surface area contributed by atoms with Gasteiger partial charge in [0.15, 0.2) is 0 Å². The maximum absolute atomic E-state index is 12.2. The van der Waals surface area contributed by atoms with Gasteiger partial charge in [0.05, 0.1) is 0 Å². The van der Waals surface area contributed by atoms with Gasteiger partial charge >= 0.3 is 0 Å². The van der Waals surface area contributed by atoms with Crippen LogP contribution in [0, 0.1) is 5.92 Å². The van der Waals surface area contributed by atoms with Crippen molar-refractivity contribution in [3.05, 3.63) is 35.9 Å². The number of carbonyl (C=O) groups excluding carboxylic acids is 1. The molecule has 114 valence electrons. The van der Waals surface area contributed by atoms with E-state index in [0.717, 1.165) is 44.0 Å². The molecule has 0 aliphatic carbocycles. The van der Waals surface area contributed by atoms with E-state index in [2.05, 4.69) is 18.7 Å². The highest BCUT2D eigenvalue weighted by Crippen LogP contribution is 2.09. The minimum absolute atomic E-state index is 0.0935. The molecule has 0 bridgehead atoms. The molecule has 1 saturated heterocycles. The first-order chi connectivity index (χ1) is 10.0. The molecule has 2 rings (SSSR count). The van der Waals surface area contributed by atoms with Crippen LogP contribution < -0.4 is 5.73 Å². The number of amides is 1. The molecule has 1 aliphatic heterocycles. The van der Waals surface area contributed by atoms with Crippen molar-refractivity contribution in [2.45, 2.75) is 13.8 Å². The standard InChI is InChI=1S/C17H25N3O/c1-14(2)13-19-9-11-20(12-10-19)17(21)8-5-15-3-6-16(18)7-4-15/h3-8,14H,9-13,18H2,1-2H3/b8-5+. The zero-order valence-corrected chi connectivity index (χ0v) is 13.0. The lowest BCUT2D eigenvalue weighted by molar-refractivity contribution is -0.127. The number of hydrogen-bond donors (Lipinski definition) is 1. The molecule has 0 spiro atoms. The zero-order valence-electron chi connectivity index (χ0n) is 13.0. The average Bonchev–Trinajstić information content (AvgIpc) is 2.46. The first-order valence-corrected chi connectivity index (χ1v) is 7.59. The molecule has 4 nitrogen and oxygen atoms in total. The molecule has 0 aromatic heterocycles. The molecule has 21 heavy (non-hydrogen) atoms. The van der Waals surface area contributed by atoms with Crippen molar-refractivity contribution in [1.29, 1.82) is 0 Å². The van der Waals surface area contributed by atoms with E-state index in [0.29, 0.717) is 5.92 Å². The van der Waals surface area contributed by atoms with Gasteiger partial charge in [-0.25, -0.2) is 0 Å². The van der Waals surface area contributed by atoms with Crippen molar-refractivity contribution in [2.24, 2.45) is 5.92 Å². The summed E-state index contributed by atoms with van der Waals surface area (Å²) in [5.41, 5.74) is 7.38. The van der Waals surface area contributed by atoms with Crippen molar-refractivity contribution in [3.63, 3.8) is 0 Å². The Balaban J connectivity index is 1.83. The average molecular weight is 287 g/mol. The van der Waals surface area contributed by atoms with E-state index in [4.69, 9.17) is 5.73 Å². The molecule has 1 aliphatic rings. The predicted octanol–water partition coefficient (Wildman–Crippen LogP) is 2.08. The van der Waals surface area contributed by atoms with Crippen LogP contribution in [0.15, 0.2) is 30.3 Å². The van der Waals surface area contributed by atoms with Crippen LogP contribution in [-0.4, -0.2) is 48.4 Å². The fourth-order valence-electron chi connectivity index (χ4n) is 2.55. The molecule has 0 saturated carbocycles. The molecule has 1 fully saturated rings. The summed E-state index contributed by atoms with van der Waals surface area (Å²) >= 11 is 0. The number of benzene rings is 1. The summed E-state index contributed by atoms with van der Waals surface area (Å²) < 4.78 is 0. The van der Waals surface area contributed by atoms with Crippen LogP contribution in [0.25, 0.3) is 6.08 Å². The van der Waals surface area contributed by atoms with Crippen LogP contribution in [0.5, 0.6) is 0 Å². The molecule has 4 heteroatoms. The first-order valence-electron chi connectivity index (χ1n) is 7.59. The fourth-order valence-corrected chi connectivity index (χ4v) is 2.55. The predicted molar refractivity (Wildman–Crippen MR) is 87.7 cm³/mol. The number of nitrogen functional groups attached to an aromatic ring is 1. The lowest BCUT2D eigenvalue weighted by Crippen LogP contribution is -2.49. The molecule has 1 aromatic rings. The van der Waals surface area contributed by atoms with Gasteiger partial charge in [0.1, 0.15) is 0 Å². The van der Waals surface area contributed by atoms with Crippen LogP contribution in [0.1, 0.15) is 19.4 Å². The lowest BCUT2D eigenvalue weighted by atomic mass is 10.2. The van der Waals surface area contributed by atoms with Gasteiger partial charge in [-0.15, -0.1) is 0 Å². The Morgan fingerprint density at radius 2 is 1.81 bits per heavy atom. The summed E-state index contributed by atoms with van der Waals surface area (Å²) in [6, 6.07) is 7.52. The van der Waals surface area contributed by atoms with Gasteiger partial charge in [-0.1, -0.05) is 26.0 Å². The largest absolute Gasteiger partial charge is 0.399 e. The molecular formula is C17H25N3O. The van der Waals surface area contributed by atoms with Crippen LogP contribution in [-0.2, 0) is 4.79 Å². The van der Waals surface area contributed by atoms with Crippen molar-refractivity contribution in [1.82, 2.24) is 9.80 Å². The molecule has 1 heterocycles. The van der Waals surface area contributed by atoms with Crippen LogP contribution in [0.4, 0.5) is 5.69 Å². The molecule has 1 amide bonds. The summed E-state index contributed by atoms with van der Waals surface area (Å²) in [5.74, 6) is 0.772. The minimum Gasteiger partial charge on any atom is -0.399 e. The molecule has 1 aromatic carbocycles. The summed E-state index contributed by atoms with van der Waals surface area (Å²) in [5, 5.41) is 0. The quantitative estimate of drug-likeness (QED) is 0.681. The summed E-state index contributed by atoms with van der Waals surface area (Å²) in [6.07, 6.45) is 3.51. The number of nitrogens with zero attached hydrogens (tertiary/aromatic N) is 2. The highest BCUT2D eigenvalue weighted by Gasteiger charge is 2.19. The number of rotatable bonds is 4. The molecule has 2 N–H and O–H groups in total. The second kappa shape index (κ2) is 7.27. The Bertz CT molecular complexity index is 485. The summed E-state index contributed by atoms with van der Waals surface area (Å²) in [7, 11) is 0. The zero-order chi connectivity index (χ0) is 15.2. The molecule has 0 radical (unpaired) electrons. The Morgan fingerprint density at radius 1 is 1.19 bits per heavy atom. The Morgan fingerprint density at radius 3 is 2.38 bits per heavy atom. The van der Waals surface area contributed by atoms with Crippen molar-refractivity contribution >= 4 is 17.7 Å². The van der Waals surface area contributed by atoms with Crippen LogP contribution in [0.3, 0.4) is 0 Å². The highest BCUT2D eigenvalue weighted by atomic mass is 16.2. The van der Waals surface area contributed by atoms with E-state index in [1.807, 2.05) is 35.2 Å². The number of piperazine rings is 1. The molecular weight excluding hydrogens is 262 g/mol. The van der Waals surface area contributed by atoms with Gasteiger partial charge in [-0.2, -0.15) is 0 Å². The second-order valence-electron chi connectivity index (χ2n) is 6.02. The Kier molecular flexibility index (Phi) is 5.39. The van der Waals surface area contributed by atoms with E-state index in [9.17, 15) is 4.79 Å². The van der Waals surface area contributed by atoms with Gasteiger partial charge in [-0.05, 0) is 29.7 Å². The molecule has 0 atom stereocenters. The summed E-state index contributed by atoms with van der Waals surface area (Å²) in [4.78, 5) is 16.5. The van der Waals surface area contributed by atoms with Crippen molar-refractivity contribution in [3.8, 4) is 0 Å². The number of carbonyl (C=O) groups is 1. The van der Waals surface area contributed by atoms with Gasteiger partial charge in [-0.3, -0.25) is 9.69 Å². The van der Waals surface area contributed by atoms with E-state index >= 15 is 0 Å². The molecule has 0 unspecified atom stereocenters. The topological polar surface area (TPSA) is 49.6 Å². The highest BCUT2D eigenvalue weighted by molar-refractivity contribution is 5.91. The van der Waals surface area contributed by atoms with Crippen LogP contribution >= 0.6 is 0 Å². The lowest BCUT2D eigenvalue weighted by Gasteiger charge is -2.35. The number of nitrogens with two attached hydrogens (primary N) is 1. The second-order valence-corrected chi connectivity index (χ2v) is 6.02. The van der Waals surface area contributed by atoms with E-state index in [1.54, 1.807) is 6.08 Å². The van der Waals surface area contributed by atoms with Gasteiger partial charge < -0.3 is 10.6 Å². The van der Waals surface area contributed by atoms with Gasteiger partial charge in [0.2, 0.25) is 5.91 Å². The van der Waals surface area contributed by atoms with Crippen molar-refractivity contribution in [2.75, 3.05) is 38.5 Å². The van der Waals surface area contributed by atoms with Gasteiger partial charge in [0.25, 0.3) is 0 Å². The van der Waals surface area contributed by atoms with Crippen LogP contribution in [0.2, 0.25) is 0 Å². The van der Waals surface area contributed by atoms with Gasteiger partial charge in [0, 0.05) is 44.5 Å². The third kappa shape index (κ3) is 4.90. The third-order valence-electron chi connectivity index (χ3n) is 3.66. The van der Waals surface area contributed by atoms with E-state index in [1.165, 1.54) is 0 Å². The summed E-state index contributed by atoms with van der Waals surface area (Å²) in [6.45, 7) is 9.15. The Hall–Kier alpha value is -1.81. The van der Waals surface area contributed by atoms with E-state index in [-0.39, 0.29) is 5.91 Å². The normalized spacial score (nSPS) is 16.8.